The molecule has 0 heterocycles. The Morgan fingerprint density at radius 2 is 1.48 bits per heavy atom. The molecule has 0 unspecified atom stereocenters. The summed E-state index contributed by atoms with van der Waals surface area (Å²) in [6.45, 7) is 8.60. The number of hydrogen-bond acceptors (Lipinski definition) is 4. The Morgan fingerprint density at radius 1 is 0.889 bits per heavy atom. The first-order valence-corrected chi connectivity index (χ1v) is 10.9. The van der Waals surface area contributed by atoms with Crippen LogP contribution in [-0.4, -0.2) is 42.7 Å². The Labute approximate surface area is 164 Å². The summed E-state index contributed by atoms with van der Waals surface area (Å²) in [5, 5.41) is 3.12. The predicted molar refractivity (Wildman–Crippen MR) is 107 cm³/mol. The van der Waals surface area contributed by atoms with Crippen LogP contribution in [0, 0.1) is 11.8 Å². The van der Waals surface area contributed by atoms with Gasteiger partial charge in [-0.25, -0.2) is 0 Å². The van der Waals surface area contributed by atoms with Crippen molar-refractivity contribution in [2.24, 2.45) is 11.8 Å². The van der Waals surface area contributed by atoms with Crippen LogP contribution in [-0.2, 0) is 19.1 Å². The molecule has 0 saturated heterocycles. The Balaban J connectivity index is 1.55. The van der Waals surface area contributed by atoms with Crippen molar-refractivity contribution in [3.63, 3.8) is 0 Å². The summed E-state index contributed by atoms with van der Waals surface area (Å²) in [4.78, 5) is 24.3. The first-order chi connectivity index (χ1) is 12.8. The highest BCUT2D eigenvalue weighted by Crippen LogP contribution is 2.27. The van der Waals surface area contributed by atoms with Crippen molar-refractivity contribution in [1.29, 1.82) is 0 Å². The van der Waals surface area contributed by atoms with Gasteiger partial charge in [-0.2, -0.15) is 0 Å². The zero-order valence-electron chi connectivity index (χ0n) is 17.7. The molecule has 0 atom stereocenters. The van der Waals surface area contributed by atoms with Crippen LogP contribution in [0.5, 0.6) is 0 Å². The molecule has 156 valence electrons. The molecule has 2 aliphatic rings. The van der Waals surface area contributed by atoms with Gasteiger partial charge in [-0.05, 0) is 65.2 Å². The number of carbonyl (C=O) groups is 2. The molecule has 2 fully saturated rings. The van der Waals surface area contributed by atoms with Crippen LogP contribution in [0.3, 0.4) is 0 Å². The fourth-order valence-corrected chi connectivity index (χ4v) is 4.33. The van der Waals surface area contributed by atoms with Crippen molar-refractivity contribution in [2.45, 2.75) is 110 Å². The SMILES string of the molecule is CC(C)OC1CCC(OCCC(=O)NC2CCC(C(=O)C(C)C)CC2)CC1. The molecule has 0 spiro atoms. The van der Waals surface area contributed by atoms with E-state index in [4.69, 9.17) is 9.47 Å². The third-order valence-corrected chi connectivity index (χ3v) is 5.83. The lowest BCUT2D eigenvalue weighted by molar-refractivity contribution is -0.127. The van der Waals surface area contributed by atoms with Gasteiger partial charge in [0.25, 0.3) is 0 Å². The second-order valence-corrected chi connectivity index (χ2v) is 8.88. The molecule has 1 amide bonds. The van der Waals surface area contributed by atoms with Crippen molar-refractivity contribution in [1.82, 2.24) is 5.32 Å². The average Bonchev–Trinajstić information content (AvgIpc) is 2.62. The molecule has 2 rings (SSSR count). The third-order valence-electron chi connectivity index (χ3n) is 5.83. The van der Waals surface area contributed by atoms with Gasteiger partial charge in [-0.3, -0.25) is 9.59 Å². The number of amides is 1. The number of ketones is 1. The van der Waals surface area contributed by atoms with Crippen LogP contribution < -0.4 is 5.32 Å². The molecule has 0 aromatic rings. The van der Waals surface area contributed by atoms with E-state index in [1.807, 2.05) is 13.8 Å². The minimum atomic E-state index is 0.0745. The highest BCUT2D eigenvalue weighted by atomic mass is 16.5. The summed E-state index contributed by atoms with van der Waals surface area (Å²) in [5.41, 5.74) is 0. The monoisotopic (exact) mass is 381 g/mol. The predicted octanol–water partition coefficient (Wildman–Crippen LogP) is 4.03. The zero-order chi connectivity index (χ0) is 19.8. The minimum Gasteiger partial charge on any atom is -0.378 e. The quantitative estimate of drug-likeness (QED) is 0.655. The number of carbonyl (C=O) groups excluding carboxylic acids is 2. The highest BCUT2D eigenvalue weighted by molar-refractivity contribution is 5.83. The molecule has 0 radical (unpaired) electrons. The molecule has 0 bridgehead atoms. The fraction of sp³-hybridized carbons (Fsp3) is 0.909. The van der Waals surface area contributed by atoms with Crippen molar-refractivity contribution in [3.05, 3.63) is 0 Å². The van der Waals surface area contributed by atoms with Gasteiger partial charge < -0.3 is 14.8 Å². The number of rotatable bonds is 9. The van der Waals surface area contributed by atoms with Crippen LogP contribution in [0.25, 0.3) is 0 Å². The van der Waals surface area contributed by atoms with Crippen LogP contribution in [0.2, 0.25) is 0 Å². The lowest BCUT2D eigenvalue weighted by Crippen LogP contribution is -2.39. The van der Waals surface area contributed by atoms with Crippen molar-refractivity contribution >= 4 is 11.7 Å². The molecule has 2 aliphatic carbocycles. The summed E-state index contributed by atoms with van der Waals surface area (Å²) < 4.78 is 11.8. The number of hydrogen-bond donors (Lipinski definition) is 1. The van der Waals surface area contributed by atoms with E-state index in [1.165, 1.54) is 0 Å². The molecule has 5 heteroatoms. The maximum Gasteiger partial charge on any atom is 0.222 e. The van der Waals surface area contributed by atoms with Gasteiger partial charge in [0.1, 0.15) is 5.78 Å². The van der Waals surface area contributed by atoms with Gasteiger partial charge in [-0.15, -0.1) is 0 Å². The Bertz CT molecular complexity index is 461. The van der Waals surface area contributed by atoms with E-state index < -0.39 is 0 Å². The van der Waals surface area contributed by atoms with E-state index >= 15 is 0 Å². The summed E-state index contributed by atoms with van der Waals surface area (Å²) in [7, 11) is 0. The van der Waals surface area contributed by atoms with E-state index in [0.29, 0.717) is 24.9 Å². The van der Waals surface area contributed by atoms with Crippen LogP contribution in [0.15, 0.2) is 0 Å². The van der Waals surface area contributed by atoms with E-state index in [9.17, 15) is 9.59 Å². The molecule has 5 nitrogen and oxygen atoms in total. The Kier molecular flexibility index (Phi) is 9.24. The molecule has 0 aromatic heterocycles. The maximum absolute atomic E-state index is 12.2. The molecule has 27 heavy (non-hydrogen) atoms. The lowest BCUT2D eigenvalue weighted by Gasteiger charge is -2.30. The van der Waals surface area contributed by atoms with E-state index in [1.54, 1.807) is 0 Å². The second kappa shape index (κ2) is 11.2. The van der Waals surface area contributed by atoms with Gasteiger partial charge >= 0.3 is 0 Å². The van der Waals surface area contributed by atoms with Crippen molar-refractivity contribution < 1.29 is 19.1 Å². The number of ether oxygens (including phenoxy) is 2. The summed E-state index contributed by atoms with van der Waals surface area (Å²) >= 11 is 0. The standard InChI is InChI=1S/C22H39NO4/c1-15(2)22(25)17-5-7-18(8-6-17)23-21(24)13-14-26-19-9-11-20(12-10-19)27-16(3)4/h15-20H,5-14H2,1-4H3,(H,23,24). The smallest absolute Gasteiger partial charge is 0.222 e. The number of nitrogens with one attached hydrogen (secondary N) is 1. The summed E-state index contributed by atoms with van der Waals surface area (Å²) in [6, 6.07) is 0.220. The van der Waals surface area contributed by atoms with E-state index in [-0.39, 0.29) is 36.0 Å². The van der Waals surface area contributed by atoms with Crippen LogP contribution in [0.1, 0.15) is 85.5 Å². The van der Waals surface area contributed by atoms with Gasteiger partial charge in [0.2, 0.25) is 5.91 Å². The molecule has 0 aliphatic heterocycles. The van der Waals surface area contributed by atoms with Crippen LogP contribution in [0.4, 0.5) is 0 Å². The van der Waals surface area contributed by atoms with Crippen molar-refractivity contribution in [3.8, 4) is 0 Å². The zero-order valence-corrected chi connectivity index (χ0v) is 17.7. The van der Waals surface area contributed by atoms with Gasteiger partial charge in [0, 0.05) is 24.3 Å². The molecule has 1 N–H and O–H groups in total. The second-order valence-electron chi connectivity index (χ2n) is 8.88. The van der Waals surface area contributed by atoms with Crippen LogP contribution >= 0.6 is 0 Å². The lowest BCUT2D eigenvalue weighted by atomic mass is 9.80. The normalized spacial score (nSPS) is 29.1. The molecule has 0 aromatic carbocycles. The van der Waals surface area contributed by atoms with Gasteiger partial charge in [0.15, 0.2) is 0 Å². The first-order valence-electron chi connectivity index (χ1n) is 10.9. The molecular weight excluding hydrogens is 342 g/mol. The third kappa shape index (κ3) is 7.90. The van der Waals surface area contributed by atoms with Gasteiger partial charge in [-0.1, -0.05) is 13.8 Å². The average molecular weight is 382 g/mol. The highest BCUT2D eigenvalue weighted by Gasteiger charge is 2.28. The molecule has 2 saturated carbocycles. The van der Waals surface area contributed by atoms with Gasteiger partial charge in [0.05, 0.1) is 24.9 Å². The minimum absolute atomic E-state index is 0.0745. The summed E-state index contributed by atoms with van der Waals surface area (Å²) in [5.74, 6) is 0.758. The topological polar surface area (TPSA) is 64.6 Å². The summed E-state index contributed by atoms with van der Waals surface area (Å²) in [6.07, 6.45) is 9.11. The first kappa shape index (κ1) is 22.4. The molecular formula is C22H39NO4. The van der Waals surface area contributed by atoms with E-state index in [0.717, 1.165) is 51.4 Å². The Hall–Kier alpha value is -0.940. The maximum atomic E-state index is 12.2. The number of Topliss-reactive ketones (excluding diaryl/α,β-unsaturated/α-hetero) is 1. The van der Waals surface area contributed by atoms with E-state index in [2.05, 4.69) is 19.2 Å². The van der Waals surface area contributed by atoms with Crippen molar-refractivity contribution in [2.75, 3.05) is 6.61 Å². The largest absolute Gasteiger partial charge is 0.378 e. The fourth-order valence-electron chi connectivity index (χ4n) is 4.33. The Morgan fingerprint density at radius 3 is 2.04 bits per heavy atom.